The maximum absolute atomic E-state index is 12.4. The Balaban J connectivity index is 1.67. The van der Waals surface area contributed by atoms with Gasteiger partial charge in [-0.3, -0.25) is 5.32 Å². The van der Waals surface area contributed by atoms with Crippen molar-refractivity contribution in [1.29, 1.82) is 0 Å². The molecule has 8 heteroatoms. The molecule has 0 radical (unpaired) electrons. The number of benzene rings is 1. The zero-order valence-corrected chi connectivity index (χ0v) is 21.9. The van der Waals surface area contributed by atoms with E-state index in [0.29, 0.717) is 6.54 Å². The molecule has 1 aliphatic heterocycles. The Bertz CT molecular complexity index is 692. The topological polar surface area (TPSA) is 120 Å². The summed E-state index contributed by atoms with van der Waals surface area (Å²) >= 11 is 0. The summed E-state index contributed by atoms with van der Waals surface area (Å²) in [5, 5.41) is 36.2. The van der Waals surface area contributed by atoms with Gasteiger partial charge < -0.3 is 30.1 Å². The van der Waals surface area contributed by atoms with Gasteiger partial charge in [0.25, 0.3) is 0 Å². The minimum absolute atomic E-state index is 0.0924. The van der Waals surface area contributed by atoms with Crippen LogP contribution in [0.4, 0.5) is 4.79 Å². The van der Waals surface area contributed by atoms with Crippen LogP contribution in [-0.4, -0.2) is 65.1 Å². The van der Waals surface area contributed by atoms with Crippen molar-refractivity contribution in [2.75, 3.05) is 13.2 Å². The lowest BCUT2D eigenvalue weighted by Gasteiger charge is -2.42. The smallest absolute Gasteiger partial charge is 0.407 e. The van der Waals surface area contributed by atoms with E-state index < -0.39 is 43.3 Å². The standard InChI is InChI=1S/C28H48N2O6/c1-2-3-4-5-6-7-8-9-10-11-12-16-19-29-27-24(26(33)25(32)23(20-31)36-27)30-28(34)35-21-22-17-14-13-15-18-22/h13-15,17-18,23-27,29,31-33H,2-12,16,19-21H2,1H3,(H,30,34)/t23-,24-,25-,26-,27-/m1/s1. The van der Waals surface area contributed by atoms with Crippen LogP contribution in [0.25, 0.3) is 0 Å². The number of unbranched alkanes of at least 4 members (excludes halogenated alkanes) is 11. The second-order valence-corrected chi connectivity index (χ2v) is 9.83. The molecule has 1 saturated heterocycles. The number of hydrogen-bond acceptors (Lipinski definition) is 7. The number of hydrogen-bond donors (Lipinski definition) is 5. The summed E-state index contributed by atoms with van der Waals surface area (Å²) in [6.45, 7) is 2.55. The number of carbonyl (C=O) groups is 1. The number of nitrogens with one attached hydrogen (secondary N) is 2. The number of aliphatic hydroxyl groups excluding tert-OH is 3. The minimum Gasteiger partial charge on any atom is -0.445 e. The molecule has 206 valence electrons. The van der Waals surface area contributed by atoms with Crippen LogP contribution in [0, 0.1) is 0 Å². The highest BCUT2D eigenvalue weighted by atomic mass is 16.6. The third-order valence-electron chi connectivity index (χ3n) is 6.80. The van der Waals surface area contributed by atoms with Crippen LogP contribution >= 0.6 is 0 Å². The number of aliphatic hydroxyl groups is 3. The molecule has 0 aromatic heterocycles. The average Bonchev–Trinajstić information content (AvgIpc) is 2.90. The van der Waals surface area contributed by atoms with E-state index >= 15 is 0 Å². The normalized spacial score (nSPS) is 23.9. The molecule has 2 rings (SSSR count). The van der Waals surface area contributed by atoms with Gasteiger partial charge in [0.1, 0.15) is 37.2 Å². The van der Waals surface area contributed by atoms with Gasteiger partial charge in [0, 0.05) is 0 Å². The fraction of sp³-hybridized carbons (Fsp3) is 0.750. The molecule has 1 heterocycles. The lowest BCUT2D eigenvalue weighted by Crippen LogP contribution is -2.67. The van der Waals surface area contributed by atoms with Crippen LogP contribution in [-0.2, 0) is 16.1 Å². The van der Waals surface area contributed by atoms with E-state index in [-0.39, 0.29) is 6.61 Å². The highest BCUT2D eigenvalue weighted by molar-refractivity contribution is 5.67. The van der Waals surface area contributed by atoms with Gasteiger partial charge in [-0.2, -0.15) is 0 Å². The number of rotatable bonds is 18. The zero-order chi connectivity index (χ0) is 26.0. The van der Waals surface area contributed by atoms with Crippen LogP contribution in [0.1, 0.15) is 89.5 Å². The molecule has 1 aromatic carbocycles. The van der Waals surface area contributed by atoms with E-state index in [1.54, 1.807) is 0 Å². The number of carbonyl (C=O) groups excluding carboxylic acids is 1. The van der Waals surface area contributed by atoms with Gasteiger partial charge in [-0.25, -0.2) is 4.79 Å². The maximum atomic E-state index is 12.4. The van der Waals surface area contributed by atoms with Gasteiger partial charge in [-0.05, 0) is 18.5 Å². The molecule has 0 spiro atoms. The van der Waals surface area contributed by atoms with Crippen molar-refractivity contribution in [1.82, 2.24) is 10.6 Å². The number of alkyl carbamates (subject to hydrolysis) is 1. The van der Waals surface area contributed by atoms with Crippen molar-refractivity contribution in [3.05, 3.63) is 35.9 Å². The quantitative estimate of drug-likeness (QED) is 0.190. The van der Waals surface area contributed by atoms with Gasteiger partial charge in [-0.15, -0.1) is 0 Å². The lowest BCUT2D eigenvalue weighted by atomic mass is 9.96. The molecule has 1 aromatic rings. The first-order valence-electron chi connectivity index (χ1n) is 13.9. The summed E-state index contributed by atoms with van der Waals surface area (Å²) in [4.78, 5) is 12.4. The van der Waals surface area contributed by atoms with E-state index in [9.17, 15) is 20.1 Å². The largest absolute Gasteiger partial charge is 0.445 e. The van der Waals surface area contributed by atoms with Gasteiger partial charge in [-0.1, -0.05) is 108 Å². The highest BCUT2D eigenvalue weighted by Crippen LogP contribution is 2.20. The highest BCUT2D eigenvalue weighted by Gasteiger charge is 2.45. The van der Waals surface area contributed by atoms with Crippen molar-refractivity contribution in [3.8, 4) is 0 Å². The fourth-order valence-electron chi connectivity index (χ4n) is 4.56. The monoisotopic (exact) mass is 508 g/mol. The molecular weight excluding hydrogens is 460 g/mol. The summed E-state index contributed by atoms with van der Waals surface area (Å²) in [6, 6.07) is 8.38. The average molecular weight is 509 g/mol. The van der Waals surface area contributed by atoms with Crippen molar-refractivity contribution < 1.29 is 29.6 Å². The Morgan fingerprint density at radius 3 is 2.06 bits per heavy atom. The van der Waals surface area contributed by atoms with Gasteiger partial charge in [0.15, 0.2) is 0 Å². The van der Waals surface area contributed by atoms with Crippen LogP contribution in [0.2, 0.25) is 0 Å². The Labute approximate surface area is 216 Å². The SMILES string of the molecule is CCCCCCCCCCCCCCN[C@@H]1O[C@H](CO)[C@@H](O)[C@H](O)[C@H]1NC(=O)OCc1ccccc1. The molecule has 8 nitrogen and oxygen atoms in total. The maximum Gasteiger partial charge on any atom is 0.407 e. The molecule has 1 aliphatic rings. The van der Waals surface area contributed by atoms with E-state index in [0.717, 1.165) is 18.4 Å². The Hall–Kier alpha value is -1.71. The first-order chi connectivity index (χ1) is 17.6. The Morgan fingerprint density at radius 2 is 1.47 bits per heavy atom. The van der Waals surface area contributed by atoms with E-state index in [1.165, 1.54) is 64.2 Å². The molecule has 5 N–H and O–H groups in total. The first kappa shape index (κ1) is 30.5. The summed E-state index contributed by atoms with van der Waals surface area (Å²) in [7, 11) is 0. The van der Waals surface area contributed by atoms with Gasteiger partial charge >= 0.3 is 6.09 Å². The molecule has 36 heavy (non-hydrogen) atoms. The third kappa shape index (κ3) is 11.6. The molecule has 5 atom stereocenters. The third-order valence-corrected chi connectivity index (χ3v) is 6.80. The number of amides is 1. The molecule has 0 unspecified atom stereocenters. The van der Waals surface area contributed by atoms with Crippen molar-refractivity contribution in [3.63, 3.8) is 0 Å². The summed E-state index contributed by atoms with van der Waals surface area (Å²) in [5.74, 6) is 0. The van der Waals surface area contributed by atoms with Crippen LogP contribution in [0.5, 0.6) is 0 Å². The van der Waals surface area contributed by atoms with Crippen molar-refractivity contribution in [2.24, 2.45) is 0 Å². The van der Waals surface area contributed by atoms with Crippen LogP contribution in [0.15, 0.2) is 30.3 Å². The van der Waals surface area contributed by atoms with Crippen LogP contribution < -0.4 is 10.6 Å². The number of ether oxygens (including phenoxy) is 2. The van der Waals surface area contributed by atoms with E-state index in [1.807, 2.05) is 30.3 Å². The fourth-order valence-corrected chi connectivity index (χ4v) is 4.56. The Morgan fingerprint density at radius 1 is 0.889 bits per heavy atom. The first-order valence-corrected chi connectivity index (χ1v) is 13.9. The van der Waals surface area contributed by atoms with Crippen LogP contribution in [0.3, 0.4) is 0 Å². The second-order valence-electron chi connectivity index (χ2n) is 9.83. The predicted molar refractivity (Wildman–Crippen MR) is 140 cm³/mol. The van der Waals surface area contributed by atoms with Gasteiger partial charge in [0.05, 0.1) is 6.61 Å². The molecule has 0 bridgehead atoms. The molecule has 1 amide bonds. The van der Waals surface area contributed by atoms with E-state index in [4.69, 9.17) is 9.47 Å². The predicted octanol–water partition coefficient (Wildman–Crippen LogP) is 4.01. The Kier molecular flexibility index (Phi) is 15.7. The van der Waals surface area contributed by atoms with Gasteiger partial charge in [0.2, 0.25) is 0 Å². The van der Waals surface area contributed by atoms with Crippen molar-refractivity contribution >= 4 is 6.09 Å². The molecular formula is C28H48N2O6. The minimum atomic E-state index is -1.32. The van der Waals surface area contributed by atoms with Crippen molar-refractivity contribution in [2.45, 2.75) is 121 Å². The molecule has 0 aliphatic carbocycles. The summed E-state index contributed by atoms with van der Waals surface area (Å²) in [6.07, 6.45) is 10.1. The lowest BCUT2D eigenvalue weighted by molar-refractivity contribution is -0.200. The molecule has 1 fully saturated rings. The zero-order valence-electron chi connectivity index (χ0n) is 21.9. The summed E-state index contributed by atoms with van der Waals surface area (Å²) < 4.78 is 11.0. The summed E-state index contributed by atoms with van der Waals surface area (Å²) in [5.41, 5.74) is 0.843. The second kappa shape index (κ2) is 18.5. The molecule has 0 saturated carbocycles. The van der Waals surface area contributed by atoms with E-state index in [2.05, 4.69) is 17.6 Å².